The monoisotopic (exact) mass is 742 g/mol. The fourth-order valence-electron chi connectivity index (χ4n) is 7.87. The fraction of sp³-hybridized carbons (Fsp3) is 0.333. The first-order valence-corrected chi connectivity index (χ1v) is 18.6. The van der Waals surface area contributed by atoms with Crippen LogP contribution < -0.4 is 5.32 Å². The van der Waals surface area contributed by atoms with E-state index >= 15 is 0 Å². The number of oxazole rings is 1. The highest BCUT2D eigenvalue weighted by Gasteiger charge is 2.25. The van der Waals surface area contributed by atoms with Gasteiger partial charge in [-0.2, -0.15) is 5.26 Å². The van der Waals surface area contributed by atoms with Gasteiger partial charge >= 0.3 is 5.97 Å². The Morgan fingerprint density at radius 2 is 1.58 bits per heavy atom. The van der Waals surface area contributed by atoms with E-state index in [0.29, 0.717) is 78.3 Å². The third kappa shape index (κ3) is 7.35. The average molecular weight is 743 g/mol. The highest BCUT2D eigenvalue weighted by atomic mass is 19.3. The number of anilines is 2. The van der Waals surface area contributed by atoms with Gasteiger partial charge in [-0.3, -0.25) is 19.6 Å². The van der Waals surface area contributed by atoms with Crippen molar-refractivity contribution in [3.05, 3.63) is 94.4 Å². The summed E-state index contributed by atoms with van der Waals surface area (Å²) in [7, 11) is 0. The molecule has 6 aromatic rings. The second kappa shape index (κ2) is 15.1. The predicted octanol–water partition coefficient (Wildman–Crippen LogP) is 8.56. The summed E-state index contributed by atoms with van der Waals surface area (Å²) in [5.41, 5.74) is 9.08. The van der Waals surface area contributed by atoms with Gasteiger partial charge in [0.15, 0.2) is 17.2 Å². The number of nitrogens with one attached hydrogen (secondary N) is 1. The minimum absolute atomic E-state index is 0.211. The first-order chi connectivity index (χ1) is 26.6. The number of hydrogen-bond acceptors (Lipinski definition) is 10. The van der Waals surface area contributed by atoms with Crippen LogP contribution in [0.3, 0.4) is 0 Å². The molecule has 0 amide bonds. The van der Waals surface area contributed by atoms with Crippen LogP contribution in [-0.4, -0.2) is 67.0 Å². The van der Waals surface area contributed by atoms with Gasteiger partial charge in [-0.1, -0.05) is 24.3 Å². The van der Waals surface area contributed by atoms with Gasteiger partial charge in [-0.25, -0.2) is 23.7 Å². The number of piperidine rings is 1. The highest BCUT2D eigenvalue weighted by molar-refractivity contribution is 5.90. The summed E-state index contributed by atoms with van der Waals surface area (Å²) in [4.78, 5) is 33.8. The summed E-state index contributed by atoms with van der Waals surface area (Å²) in [6, 6.07) is 19.5. The maximum Gasteiger partial charge on any atom is 0.306 e. The first kappa shape index (κ1) is 36.2. The molecule has 0 aliphatic carbocycles. The van der Waals surface area contributed by atoms with Crippen LogP contribution in [-0.2, 0) is 17.9 Å². The quantitative estimate of drug-likeness (QED) is 0.139. The number of carboxylic acid groups (broad SMARTS) is 1. The third-order valence-corrected chi connectivity index (χ3v) is 10.9. The van der Waals surface area contributed by atoms with E-state index < -0.39 is 18.2 Å². The van der Waals surface area contributed by atoms with Crippen molar-refractivity contribution in [2.75, 3.05) is 31.5 Å². The van der Waals surface area contributed by atoms with Crippen molar-refractivity contribution in [3.63, 3.8) is 0 Å². The van der Waals surface area contributed by atoms with Crippen molar-refractivity contribution < 1.29 is 23.1 Å². The number of alkyl halides is 2. The van der Waals surface area contributed by atoms with E-state index in [0.717, 1.165) is 64.9 Å². The zero-order valence-electron chi connectivity index (χ0n) is 30.6. The number of nitriles is 1. The van der Waals surface area contributed by atoms with Crippen molar-refractivity contribution in [1.82, 2.24) is 29.7 Å². The number of benzene rings is 3. The van der Waals surface area contributed by atoms with Crippen LogP contribution in [0.25, 0.3) is 44.7 Å². The lowest BCUT2D eigenvalue weighted by atomic mass is 9.93. The van der Waals surface area contributed by atoms with Gasteiger partial charge in [-0.15, -0.1) is 0 Å². The van der Waals surface area contributed by atoms with E-state index in [2.05, 4.69) is 36.1 Å². The molecule has 0 spiro atoms. The molecule has 2 N–H and O–H groups in total. The minimum Gasteiger partial charge on any atom is -0.481 e. The summed E-state index contributed by atoms with van der Waals surface area (Å²) in [5.74, 6) is -1.02. The molecule has 0 unspecified atom stereocenters. The Kier molecular flexibility index (Phi) is 9.94. The molecule has 5 heterocycles. The molecule has 8 rings (SSSR count). The number of aromatic nitrogens is 4. The number of likely N-dealkylation sites (tertiary alicyclic amines) is 2. The van der Waals surface area contributed by atoms with Crippen LogP contribution in [0.4, 0.5) is 20.3 Å². The predicted molar refractivity (Wildman–Crippen MR) is 205 cm³/mol. The lowest BCUT2D eigenvalue weighted by Crippen LogP contribution is -2.35. The Morgan fingerprint density at radius 1 is 0.909 bits per heavy atom. The minimum atomic E-state index is -2.85. The number of aliphatic carboxylic acids is 1. The van der Waals surface area contributed by atoms with E-state index in [1.54, 1.807) is 6.20 Å². The van der Waals surface area contributed by atoms with Crippen LogP contribution in [0.5, 0.6) is 0 Å². The smallest absolute Gasteiger partial charge is 0.306 e. The number of rotatable bonds is 10. The number of carbonyl (C=O) groups is 1. The molecule has 3 aromatic heterocycles. The largest absolute Gasteiger partial charge is 0.481 e. The summed E-state index contributed by atoms with van der Waals surface area (Å²) in [6.45, 7) is 8.59. The van der Waals surface area contributed by atoms with Crippen molar-refractivity contribution >= 4 is 39.6 Å². The molecule has 11 nitrogen and oxygen atoms in total. The zero-order chi connectivity index (χ0) is 38.2. The van der Waals surface area contributed by atoms with Crippen LogP contribution in [0.15, 0.2) is 65.2 Å². The molecule has 0 atom stereocenters. The lowest BCUT2D eigenvalue weighted by molar-refractivity contribution is -0.143. The average Bonchev–Trinajstić information content (AvgIpc) is 3.86. The molecule has 55 heavy (non-hydrogen) atoms. The van der Waals surface area contributed by atoms with Gasteiger partial charge < -0.3 is 14.8 Å². The van der Waals surface area contributed by atoms with E-state index in [9.17, 15) is 23.9 Å². The number of hydrogen-bond donors (Lipinski definition) is 2. The maximum absolute atomic E-state index is 14.1. The molecular formula is C42H40F2N8O3. The molecule has 2 aliphatic rings. The van der Waals surface area contributed by atoms with E-state index in [1.165, 1.54) is 0 Å². The Hall–Kier alpha value is -5.84. The second-order valence-electron chi connectivity index (χ2n) is 14.5. The normalized spacial score (nSPS) is 15.6. The summed E-state index contributed by atoms with van der Waals surface area (Å²) >= 11 is 0. The van der Waals surface area contributed by atoms with E-state index in [1.807, 2.05) is 68.4 Å². The summed E-state index contributed by atoms with van der Waals surface area (Å²) in [6.07, 6.45) is 2.41. The van der Waals surface area contributed by atoms with Gasteiger partial charge in [0.1, 0.15) is 17.1 Å². The molecule has 0 radical (unpaired) electrons. The summed E-state index contributed by atoms with van der Waals surface area (Å²) in [5, 5.41) is 22.7. The van der Waals surface area contributed by atoms with Crippen molar-refractivity contribution in [1.29, 1.82) is 5.26 Å². The number of pyridine rings is 1. The van der Waals surface area contributed by atoms with Gasteiger partial charge in [0.2, 0.25) is 5.89 Å². The molecule has 3 aromatic carbocycles. The zero-order valence-corrected chi connectivity index (χ0v) is 30.6. The Morgan fingerprint density at radius 3 is 2.31 bits per heavy atom. The Balaban J connectivity index is 1.09. The second-order valence-corrected chi connectivity index (χ2v) is 14.5. The molecule has 2 aliphatic heterocycles. The highest BCUT2D eigenvalue weighted by Crippen LogP contribution is 2.38. The Bertz CT molecular complexity index is 2460. The van der Waals surface area contributed by atoms with Crippen LogP contribution in [0, 0.1) is 31.1 Å². The first-order valence-electron chi connectivity index (χ1n) is 18.6. The molecular weight excluding hydrogens is 703 g/mol. The Labute approximate surface area is 316 Å². The van der Waals surface area contributed by atoms with Crippen LogP contribution in [0.2, 0.25) is 0 Å². The molecule has 0 saturated carbocycles. The molecule has 13 heteroatoms. The number of nitrogens with zero attached hydrogens (tertiary/aromatic N) is 7. The van der Waals surface area contributed by atoms with Crippen molar-refractivity contribution in [2.45, 2.75) is 59.0 Å². The lowest BCUT2D eigenvalue weighted by Gasteiger charge is -2.30. The van der Waals surface area contributed by atoms with Gasteiger partial charge in [0, 0.05) is 30.5 Å². The van der Waals surface area contributed by atoms with Crippen molar-refractivity contribution in [3.8, 4) is 28.7 Å². The molecule has 2 saturated heterocycles. The van der Waals surface area contributed by atoms with Crippen LogP contribution in [0.1, 0.15) is 65.8 Å². The molecule has 0 bridgehead atoms. The standard InChI is InChI=1S/C42H40F2N8O3/c1-24-30(7-5-9-32(24)41-49-35-18-26(17-29(20-45)37(35)55-41)22-52-15-11-28(12-16-52)42(53)54)31-8-6-10-33(25(31)2)47-39-36-34(48-40(50-39)38(43)44)19-27(21-46-36)23-51-13-3-4-14-51/h5-10,17-19,21,28,38H,3-4,11-16,22-23H2,1-2H3,(H,53,54)(H,47,48,50). The van der Waals surface area contributed by atoms with E-state index in [-0.39, 0.29) is 11.7 Å². The number of carboxylic acids is 1. The fourth-order valence-corrected chi connectivity index (χ4v) is 7.87. The van der Waals surface area contributed by atoms with Crippen LogP contribution >= 0.6 is 0 Å². The molecule has 280 valence electrons. The van der Waals surface area contributed by atoms with Gasteiger partial charge in [-0.05, 0) is 129 Å². The van der Waals surface area contributed by atoms with E-state index in [4.69, 9.17) is 9.40 Å². The molecule has 2 fully saturated rings. The van der Waals surface area contributed by atoms with Crippen molar-refractivity contribution in [2.24, 2.45) is 5.92 Å². The number of halogens is 2. The van der Waals surface area contributed by atoms with Gasteiger partial charge in [0.05, 0.1) is 17.0 Å². The number of fused-ring (bicyclic) bond motifs is 2. The maximum atomic E-state index is 14.1. The SMILES string of the molecule is Cc1c(Nc2nc(C(F)F)nc3cc(CN4CCCC4)cnc23)cccc1-c1cccc(-c2nc3cc(CN4CCC(C(=O)O)CC4)cc(C#N)c3o2)c1C. The topological polar surface area (TPSA) is 144 Å². The summed E-state index contributed by atoms with van der Waals surface area (Å²) < 4.78 is 34.4. The van der Waals surface area contributed by atoms with Gasteiger partial charge in [0.25, 0.3) is 6.43 Å². The third-order valence-electron chi connectivity index (χ3n) is 10.9.